The van der Waals surface area contributed by atoms with Gasteiger partial charge >= 0.3 is 6.09 Å². The van der Waals surface area contributed by atoms with Crippen LogP contribution >= 0.6 is 0 Å². The first-order valence-electron chi connectivity index (χ1n) is 7.71. The smallest absolute Gasteiger partial charge is 0.404 e. The van der Waals surface area contributed by atoms with Crippen LogP contribution in [0.1, 0.15) is 11.1 Å². The summed E-state index contributed by atoms with van der Waals surface area (Å²) >= 11 is 0. The molecule has 0 aliphatic carbocycles. The number of hydrogen-bond acceptors (Lipinski definition) is 3. The third-order valence-electron chi connectivity index (χ3n) is 3.64. The molecule has 2 rings (SSSR count). The van der Waals surface area contributed by atoms with Crippen LogP contribution in [0.25, 0.3) is 0 Å². The molecule has 0 saturated heterocycles. The summed E-state index contributed by atoms with van der Waals surface area (Å²) < 4.78 is 13.1. The van der Waals surface area contributed by atoms with Crippen molar-refractivity contribution in [3.63, 3.8) is 0 Å². The minimum absolute atomic E-state index is 0.189. The number of nitrogens with one attached hydrogen (secondary N) is 2. The van der Waals surface area contributed by atoms with Crippen molar-refractivity contribution < 1.29 is 19.4 Å². The highest BCUT2D eigenvalue weighted by molar-refractivity contribution is 5.65. The van der Waals surface area contributed by atoms with E-state index in [1.807, 2.05) is 30.3 Å². The van der Waals surface area contributed by atoms with Gasteiger partial charge in [0, 0.05) is 13.1 Å². The molecular weight excluding hydrogens is 311 g/mol. The highest BCUT2D eigenvalue weighted by Crippen LogP contribution is 2.07. The topological polar surface area (TPSA) is 81.6 Å². The summed E-state index contributed by atoms with van der Waals surface area (Å²) in [4.78, 5) is 11.0. The molecule has 0 aliphatic heterocycles. The Hall–Kier alpha value is -2.44. The molecule has 0 saturated carbocycles. The van der Waals surface area contributed by atoms with Crippen LogP contribution in [-0.4, -0.2) is 35.0 Å². The van der Waals surface area contributed by atoms with E-state index in [0.717, 1.165) is 11.1 Å². The first-order chi connectivity index (χ1) is 11.5. The van der Waals surface area contributed by atoms with E-state index in [1.54, 1.807) is 12.1 Å². The lowest BCUT2D eigenvalue weighted by Gasteiger charge is -2.23. The van der Waals surface area contributed by atoms with E-state index in [1.165, 1.54) is 12.1 Å². The summed E-state index contributed by atoms with van der Waals surface area (Å²) in [6.07, 6.45) is -1.70. The number of aliphatic hydroxyl groups excluding tert-OH is 1. The average Bonchev–Trinajstić information content (AvgIpc) is 2.55. The molecule has 0 bridgehead atoms. The van der Waals surface area contributed by atoms with Gasteiger partial charge in [-0.1, -0.05) is 42.5 Å². The molecule has 6 heteroatoms. The molecule has 24 heavy (non-hydrogen) atoms. The minimum Gasteiger partial charge on any atom is -0.465 e. The Labute approximate surface area is 140 Å². The fraction of sp³-hybridized carbons (Fsp3) is 0.278. The largest absolute Gasteiger partial charge is 0.465 e. The zero-order chi connectivity index (χ0) is 17.4. The van der Waals surface area contributed by atoms with E-state index in [4.69, 9.17) is 5.11 Å². The van der Waals surface area contributed by atoms with Gasteiger partial charge in [-0.05, 0) is 29.7 Å². The Balaban J connectivity index is 1.89. The van der Waals surface area contributed by atoms with Crippen LogP contribution in [0.4, 0.5) is 9.18 Å². The van der Waals surface area contributed by atoms with Crippen molar-refractivity contribution in [2.24, 2.45) is 0 Å². The average molecular weight is 332 g/mol. The van der Waals surface area contributed by atoms with Gasteiger partial charge in [0.05, 0.1) is 12.1 Å². The van der Waals surface area contributed by atoms with Crippen molar-refractivity contribution in [2.75, 3.05) is 6.54 Å². The van der Waals surface area contributed by atoms with Gasteiger partial charge in [0.2, 0.25) is 0 Å². The third-order valence-corrected chi connectivity index (χ3v) is 3.64. The SMILES string of the molecule is O=C(O)N[C@@H](Cc1ccccc1)[C@H](O)CNCc1cccc(F)c1. The summed E-state index contributed by atoms with van der Waals surface area (Å²) in [5, 5.41) is 24.6. The number of hydrogen-bond donors (Lipinski definition) is 4. The fourth-order valence-corrected chi connectivity index (χ4v) is 2.46. The van der Waals surface area contributed by atoms with Crippen LogP contribution in [0, 0.1) is 5.82 Å². The molecule has 4 N–H and O–H groups in total. The number of rotatable bonds is 8. The first-order valence-corrected chi connectivity index (χ1v) is 7.71. The summed E-state index contributed by atoms with van der Waals surface area (Å²) in [6, 6.07) is 14.9. The molecule has 128 valence electrons. The molecular formula is C18H21FN2O3. The van der Waals surface area contributed by atoms with Crippen LogP contribution in [0.2, 0.25) is 0 Å². The monoisotopic (exact) mass is 332 g/mol. The molecule has 0 aromatic heterocycles. The van der Waals surface area contributed by atoms with Crippen LogP contribution in [-0.2, 0) is 13.0 Å². The molecule has 0 unspecified atom stereocenters. The van der Waals surface area contributed by atoms with E-state index in [-0.39, 0.29) is 12.4 Å². The standard InChI is InChI=1S/C18H21FN2O3/c19-15-8-4-7-14(9-15)11-20-12-17(22)16(21-18(23)24)10-13-5-2-1-3-6-13/h1-9,16-17,20-22H,10-12H2,(H,23,24)/t16-,17+/m0/s1. The molecule has 2 aromatic carbocycles. The van der Waals surface area contributed by atoms with Crippen molar-refractivity contribution >= 4 is 6.09 Å². The van der Waals surface area contributed by atoms with Gasteiger partial charge in [-0.25, -0.2) is 9.18 Å². The van der Waals surface area contributed by atoms with Crippen molar-refractivity contribution in [3.8, 4) is 0 Å². The summed E-state index contributed by atoms with van der Waals surface area (Å²) in [6.45, 7) is 0.578. The predicted molar refractivity (Wildman–Crippen MR) is 89.2 cm³/mol. The molecule has 0 fully saturated rings. The number of carbonyl (C=O) groups is 1. The van der Waals surface area contributed by atoms with Crippen LogP contribution in [0.15, 0.2) is 54.6 Å². The predicted octanol–water partition coefficient (Wildman–Crippen LogP) is 2.16. The van der Waals surface area contributed by atoms with Crippen molar-refractivity contribution in [2.45, 2.75) is 25.1 Å². The highest BCUT2D eigenvalue weighted by atomic mass is 19.1. The number of aliphatic hydroxyl groups is 1. The maximum Gasteiger partial charge on any atom is 0.404 e. The van der Waals surface area contributed by atoms with E-state index < -0.39 is 18.2 Å². The zero-order valence-corrected chi connectivity index (χ0v) is 13.2. The molecule has 0 radical (unpaired) electrons. The lowest BCUT2D eigenvalue weighted by Crippen LogP contribution is -2.48. The second-order valence-electron chi connectivity index (χ2n) is 5.57. The van der Waals surface area contributed by atoms with Gasteiger partial charge in [0.1, 0.15) is 5.82 Å². The third kappa shape index (κ3) is 5.98. The van der Waals surface area contributed by atoms with Crippen molar-refractivity contribution in [3.05, 3.63) is 71.5 Å². The first kappa shape index (κ1) is 17.9. The minimum atomic E-state index is -1.18. The number of carboxylic acid groups (broad SMARTS) is 1. The summed E-state index contributed by atoms with van der Waals surface area (Å²) in [5.41, 5.74) is 1.69. The Morgan fingerprint density at radius 2 is 1.79 bits per heavy atom. The van der Waals surface area contributed by atoms with E-state index in [0.29, 0.717) is 13.0 Å². The normalized spacial score (nSPS) is 13.2. The molecule has 1 amide bonds. The molecule has 0 spiro atoms. The molecule has 2 aromatic rings. The number of halogens is 1. The van der Waals surface area contributed by atoms with Gasteiger partial charge in [-0.2, -0.15) is 0 Å². The van der Waals surface area contributed by atoms with Gasteiger partial charge in [0.15, 0.2) is 0 Å². The Morgan fingerprint density at radius 3 is 2.46 bits per heavy atom. The Bertz CT molecular complexity index is 652. The second-order valence-corrected chi connectivity index (χ2v) is 5.57. The maximum atomic E-state index is 13.1. The molecule has 0 heterocycles. The van der Waals surface area contributed by atoms with Crippen LogP contribution < -0.4 is 10.6 Å². The second kappa shape index (κ2) is 9.00. The Kier molecular flexibility index (Phi) is 6.72. The lowest BCUT2D eigenvalue weighted by molar-refractivity contribution is 0.117. The molecule has 5 nitrogen and oxygen atoms in total. The van der Waals surface area contributed by atoms with Gasteiger partial charge in [-0.3, -0.25) is 0 Å². The molecule has 0 aliphatic rings. The highest BCUT2D eigenvalue weighted by Gasteiger charge is 2.21. The van der Waals surface area contributed by atoms with Gasteiger partial charge < -0.3 is 20.8 Å². The van der Waals surface area contributed by atoms with Crippen LogP contribution in [0.3, 0.4) is 0 Å². The molecule has 2 atom stereocenters. The zero-order valence-electron chi connectivity index (χ0n) is 13.2. The van der Waals surface area contributed by atoms with E-state index in [9.17, 15) is 14.3 Å². The lowest BCUT2D eigenvalue weighted by atomic mass is 10.0. The number of benzene rings is 2. The maximum absolute atomic E-state index is 13.1. The summed E-state index contributed by atoms with van der Waals surface area (Å²) in [7, 11) is 0. The van der Waals surface area contributed by atoms with Gasteiger partial charge in [-0.15, -0.1) is 0 Å². The Morgan fingerprint density at radius 1 is 1.08 bits per heavy atom. The fourth-order valence-electron chi connectivity index (χ4n) is 2.46. The van der Waals surface area contributed by atoms with E-state index in [2.05, 4.69) is 10.6 Å². The van der Waals surface area contributed by atoms with Crippen molar-refractivity contribution in [1.29, 1.82) is 0 Å². The van der Waals surface area contributed by atoms with Gasteiger partial charge in [0.25, 0.3) is 0 Å². The summed E-state index contributed by atoms with van der Waals surface area (Å²) in [5.74, 6) is -0.315. The quantitative estimate of drug-likeness (QED) is 0.597. The number of amides is 1. The van der Waals surface area contributed by atoms with E-state index >= 15 is 0 Å². The van der Waals surface area contributed by atoms with Crippen molar-refractivity contribution in [1.82, 2.24) is 10.6 Å². The van der Waals surface area contributed by atoms with Crippen LogP contribution in [0.5, 0.6) is 0 Å².